The van der Waals surface area contributed by atoms with Crippen LogP contribution in [0.2, 0.25) is 0 Å². The minimum atomic E-state index is -1.10. The Hall–Kier alpha value is -1.47. The van der Waals surface area contributed by atoms with Crippen LogP contribution in [0.15, 0.2) is 12.1 Å². The van der Waals surface area contributed by atoms with Crippen molar-refractivity contribution < 1.29 is 18.5 Å². The van der Waals surface area contributed by atoms with Crippen LogP contribution in [0.4, 0.5) is 0 Å². The van der Waals surface area contributed by atoms with Gasteiger partial charge in [0.05, 0.1) is 40.7 Å². The standard InChI is InChI=1S/C24H40N2O4S/c1-6-30-23(27)20-15-16-22(29-5)25-21(20)14-10-13-19(26-31(28)24(2,3)4)17-18-11-8-7-9-12-18/h15-16,18-19,26H,6-14,17H2,1-5H3. The second-order valence-electron chi connectivity index (χ2n) is 9.40. The van der Waals surface area contributed by atoms with E-state index in [9.17, 15) is 9.00 Å². The molecule has 1 heterocycles. The van der Waals surface area contributed by atoms with Crippen LogP contribution in [-0.4, -0.2) is 39.7 Å². The number of carbonyl (C=O) groups excluding carboxylic acids is 1. The van der Waals surface area contributed by atoms with E-state index in [1.807, 2.05) is 20.8 Å². The maximum absolute atomic E-state index is 12.8. The molecule has 2 unspecified atom stereocenters. The van der Waals surface area contributed by atoms with Crippen molar-refractivity contribution >= 4 is 17.0 Å². The molecule has 0 aromatic carbocycles. The Bertz CT molecular complexity index is 727. The molecular formula is C24H40N2O4S. The smallest absolute Gasteiger partial charge is 0.339 e. The van der Waals surface area contributed by atoms with E-state index < -0.39 is 11.0 Å². The van der Waals surface area contributed by atoms with Gasteiger partial charge in [-0.05, 0) is 65.4 Å². The Morgan fingerprint density at radius 2 is 1.97 bits per heavy atom. The molecule has 2 rings (SSSR count). The molecule has 6 nitrogen and oxygen atoms in total. The molecule has 1 aliphatic carbocycles. The molecule has 1 aromatic heterocycles. The van der Waals surface area contributed by atoms with Gasteiger partial charge in [0.2, 0.25) is 5.88 Å². The predicted molar refractivity (Wildman–Crippen MR) is 126 cm³/mol. The van der Waals surface area contributed by atoms with E-state index in [4.69, 9.17) is 9.47 Å². The van der Waals surface area contributed by atoms with Crippen LogP contribution in [-0.2, 0) is 22.1 Å². The lowest BCUT2D eigenvalue weighted by Crippen LogP contribution is -2.41. The molecule has 0 amide bonds. The summed E-state index contributed by atoms with van der Waals surface area (Å²) in [4.78, 5) is 16.8. The van der Waals surface area contributed by atoms with Gasteiger partial charge in [0.15, 0.2) is 0 Å². The van der Waals surface area contributed by atoms with Gasteiger partial charge in [0.25, 0.3) is 0 Å². The van der Waals surface area contributed by atoms with Gasteiger partial charge in [-0.1, -0.05) is 32.1 Å². The van der Waals surface area contributed by atoms with Crippen LogP contribution >= 0.6 is 0 Å². The maximum atomic E-state index is 12.8. The molecule has 1 aromatic rings. The third-order valence-electron chi connectivity index (χ3n) is 5.79. The first-order valence-corrected chi connectivity index (χ1v) is 12.8. The molecule has 176 valence electrons. The number of nitrogens with zero attached hydrogens (tertiary/aromatic N) is 1. The summed E-state index contributed by atoms with van der Waals surface area (Å²) in [5.74, 6) is 0.848. The number of esters is 1. The normalized spacial score (nSPS) is 17.2. The van der Waals surface area contributed by atoms with Crippen LogP contribution in [0.25, 0.3) is 0 Å². The molecule has 1 fully saturated rings. The van der Waals surface area contributed by atoms with Gasteiger partial charge in [0, 0.05) is 12.1 Å². The lowest BCUT2D eigenvalue weighted by Gasteiger charge is -2.29. The Morgan fingerprint density at radius 3 is 2.58 bits per heavy atom. The van der Waals surface area contributed by atoms with Crippen molar-refractivity contribution in [1.82, 2.24) is 9.71 Å². The van der Waals surface area contributed by atoms with Crippen LogP contribution in [0.3, 0.4) is 0 Å². The molecule has 7 heteroatoms. The maximum Gasteiger partial charge on any atom is 0.339 e. The average Bonchev–Trinajstić information content (AvgIpc) is 2.73. The minimum absolute atomic E-state index is 0.194. The number of nitrogens with one attached hydrogen (secondary N) is 1. The molecule has 2 atom stereocenters. The summed E-state index contributed by atoms with van der Waals surface area (Å²) < 4.78 is 26.3. The fourth-order valence-corrected chi connectivity index (χ4v) is 4.94. The van der Waals surface area contributed by atoms with Crippen molar-refractivity contribution in [3.8, 4) is 5.88 Å². The van der Waals surface area contributed by atoms with E-state index in [2.05, 4.69) is 9.71 Å². The fraction of sp³-hybridized carbons (Fsp3) is 0.750. The zero-order valence-corrected chi connectivity index (χ0v) is 20.7. The van der Waals surface area contributed by atoms with Crippen molar-refractivity contribution in [2.45, 2.75) is 96.3 Å². The fourth-order valence-electron chi connectivity index (χ4n) is 4.07. The van der Waals surface area contributed by atoms with Gasteiger partial charge >= 0.3 is 5.97 Å². The van der Waals surface area contributed by atoms with E-state index in [1.54, 1.807) is 26.2 Å². The number of rotatable bonds is 11. The summed E-state index contributed by atoms with van der Waals surface area (Å²) >= 11 is 0. The first-order chi connectivity index (χ1) is 14.7. The van der Waals surface area contributed by atoms with Crippen molar-refractivity contribution in [2.24, 2.45) is 5.92 Å². The number of aromatic nitrogens is 1. The summed E-state index contributed by atoms with van der Waals surface area (Å²) in [6, 6.07) is 3.61. The number of hydrogen-bond donors (Lipinski definition) is 1. The number of aryl methyl sites for hydroxylation is 1. The van der Waals surface area contributed by atoms with Crippen molar-refractivity contribution in [3.05, 3.63) is 23.4 Å². The largest absolute Gasteiger partial charge is 0.481 e. The number of methoxy groups -OCH3 is 1. The second kappa shape index (κ2) is 12.5. The first-order valence-electron chi connectivity index (χ1n) is 11.6. The van der Waals surface area contributed by atoms with Gasteiger partial charge in [0.1, 0.15) is 0 Å². The molecule has 1 saturated carbocycles. The number of ether oxygens (including phenoxy) is 2. The van der Waals surface area contributed by atoms with Crippen LogP contribution < -0.4 is 9.46 Å². The molecule has 0 bridgehead atoms. The monoisotopic (exact) mass is 452 g/mol. The highest BCUT2D eigenvalue weighted by Crippen LogP contribution is 2.29. The average molecular weight is 453 g/mol. The van der Waals surface area contributed by atoms with Crippen molar-refractivity contribution in [1.29, 1.82) is 0 Å². The van der Waals surface area contributed by atoms with Gasteiger partial charge in [-0.2, -0.15) is 0 Å². The lowest BCUT2D eigenvalue weighted by molar-refractivity contribution is 0.0524. The van der Waals surface area contributed by atoms with Gasteiger partial charge in [-0.15, -0.1) is 0 Å². The molecule has 31 heavy (non-hydrogen) atoms. The van der Waals surface area contributed by atoms with Gasteiger partial charge in [-0.25, -0.2) is 18.7 Å². The SMILES string of the molecule is CCOC(=O)c1ccc(OC)nc1CCCC(CC1CCCCC1)NS(=O)C(C)(C)C. The van der Waals surface area contributed by atoms with E-state index in [1.165, 1.54) is 32.1 Å². The van der Waals surface area contributed by atoms with Crippen LogP contribution in [0.5, 0.6) is 5.88 Å². The van der Waals surface area contributed by atoms with E-state index in [0.29, 0.717) is 36.1 Å². The summed E-state index contributed by atoms with van der Waals surface area (Å²) in [7, 11) is 0.473. The zero-order chi connectivity index (χ0) is 22.9. The topological polar surface area (TPSA) is 77.5 Å². The number of carbonyl (C=O) groups is 1. The Kier molecular flexibility index (Phi) is 10.4. The van der Waals surface area contributed by atoms with Gasteiger partial charge < -0.3 is 9.47 Å². The third kappa shape index (κ3) is 8.53. The summed E-state index contributed by atoms with van der Waals surface area (Å²) in [6.45, 7) is 8.13. The van der Waals surface area contributed by atoms with E-state index >= 15 is 0 Å². The summed E-state index contributed by atoms with van der Waals surface area (Å²) in [5.41, 5.74) is 1.20. The number of pyridine rings is 1. The molecule has 1 N–H and O–H groups in total. The quantitative estimate of drug-likeness (QED) is 0.479. The highest BCUT2D eigenvalue weighted by molar-refractivity contribution is 7.84. The molecule has 0 saturated heterocycles. The van der Waals surface area contributed by atoms with Crippen molar-refractivity contribution in [2.75, 3.05) is 13.7 Å². The first kappa shape index (κ1) is 25.8. The highest BCUT2D eigenvalue weighted by Gasteiger charge is 2.25. The summed E-state index contributed by atoms with van der Waals surface area (Å²) in [5, 5.41) is 0. The van der Waals surface area contributed by atoms with E-state index in [-0.39, 0.29) is 16.8 Å². The molecular weight excluding hydrogens is 412 g/mol. The Balaban J connectivity index is 2.06. The Morgan fingerprint density at radius 1 is 1.26 bits per heavy atom. The molecule has 0 radical (unpaired) electrons. The summed E-state index contributed by atoms with van der Waals surface area (Å²) in [6.07, 6.45) is 9.91. The highest BCUT2D eigenvalue weighted by atomic mass is 32.2. The minimum Gasteiger partial charge on any atom is -0.481 e. The van der Waals surface area contributed by atoms with Crippen LogP contribution in [0, 0.1) is 5.92 Å². The molecule has 0 aliphatic heterocycles. The second-order valence-corrected chi connectivity index (χ2v) is 11.4. The number of hydrogen-bond acceptors (Lipinski definition) is 5. The predicted octanol–water partition coefficient (Wildman–Crippen LogP) is 4.98. The molecule has 1 aliphatic rings. The third-order valence-corrected chi connectivity index (χ3v) is 7.45. The molecule has 0 spiro atoms. The Labute approximate surface area is 190 Å². The zero-order valence-electron chi connectivity index (χ0n) is 19.9. The van der Waals surface area contributed by atoms with Crippen molar-refractivity contribution in [3.63, 3.8) is 0 Å². The van der Waals surface area contributed by atoms with Crippen LogP contribution in [0.1, 0.15) is 95.1 Å². The lowest BCUT2D eigenvalue weighted by atomic mass is 9.84. The van der Waals surface area contributed by atoms with E-state index in [0.717, 1.165) is 19.3 Å². The van der Waals surface area contributed by atoms with Gasteiger partial charge in [-0.3, -0.25) is 0 Å².